The van der Waals surface area contributed by atoms with Crippen LogP contribution in [0.15, 0.2) is 21.6 Å². The third-order valence-electron chi connectivity index (χ3n) is 2.21. The van der Waals surface area contributed by atoms with Gasteiger partial charge in [0.05, 0.1) is 11.3 Å². The number of rotatable bonds is 0. The van der Waals surface area contributed by atoms with Gasteiger partial charge in [-0.1, -0.05) is 0 Å². The number of amidine groups is 1. The monoisotopic (exact) mass is 310 g/mol. The van der Waals surface area contributed by atoms with Gasteiger partial charge in [-0.05, 0) is 28.1 Å². The molecule has 92 valence electrons. The Labute approximate surface area is 102 Å². The molecule has 0 aliphatic carbocycles. The number of benzene rings is 1. The highest BCUT2D eigenvalue weighted by Gasteiger charge is 2.34. The minimum absolute atomic E-state index is 0.0514. The number of fused-ring (bicyclic) bond motifs is 1. The van der Waals surface area contributed by atoms with Crippen molar-refractivity contribution >= 4 is 27.6 Å². The second kappa shape index (κ2) is 3.88. The van der Waals surface area contributed by atoms with Gasteiger partial charge in [-0.2, -0.15) is 18.2 Å². The van der Waals surface area contributed by atoms with E-state index in [0.717, 1.165) is 12.1 Å². The standard InChI is InChI=1S/C9H6BrF3N2O2/c10-5-2-3(9(11,12)13)1-4-6(5)14-8(17)15-7(4)16/h1-2,7,16H,(H2,14,15,17). The van der Waals surface area contributed by atoms with Crippen molar-refractivity contribution in [1.82, 2.24) is 0 Å². The molecule has 1 aromatic rings. The quantitative estimate of drug-likeness (QED) is 0.690. The molecule has 0 radical (unpaired) electrons. The number of nitrogens with zero attached hydrogens (tertiary/aromatic N) is 1. The first-order chi connectivity index (χ1) is 7.79. The molecule has 0 aromatic heterocycles. The van der Waals surface area contributed by atoms with Crippen LogP contribution in [-0.2, 0) is 6.18 Å². The number of hydrogen-bond acceptors (Lipinski definition) is 3. The van der Waals surface area contributed by atoms with Gasteiger partial charge in [0.15, 0.2) is 6.23 Å². The highest BCUT2D eigenvalue weighted by molar-refractivity contribution is 9.10. The van der Waals surface area contributed by atoms with Crippen molar-refractivity contribution in [2.24, 2.45) is 4.99 Å². The van der Waals surface area contributed by atoms with Crippen molar-refractivity contribution in [1.29, 1.82) is 0 Å². The highest BCUT2D eigenvalue weighted by atomic mass is 79.9. The van der Waals surface area contributed by atoms with Crippen LogP contribution >= 0.6 is 15.9 Å². The zero-order valence-electron chi connectivity index (χ0n) is 8.09. The van der Waals surface area contributed by atoms with Crippen LogP contribution < -0.4 is 5.32 Å². The Morgan fingerprint density at radius 3 is 2.59 bits per heavy atom. The van der Waals surface area contributed by atoms with Crippen LogP contribution in [0.3, 0.4) is 0 Å². The highest BCUT2D eigenvalue weighted by Crippen LogP contribution is 2.40. The van der Waals surface area contributed by atoms with Crippen LogP contribution in [0.4, 0.5) is 18.9 Å². The summed E-state index contributed by atoms with van der Waals surface area (Å²) in [4.78, 5) is 3.32. The molecule has 2 rings (SSSR count). The zero-order chi connectivity index (χ0) is 12.8. The molecule has 1 atom stereocenters. The maximum absolute atomic E-state index is 12.5. The molecule has 0 saturated heterocycles. The maximum atomic E-state index is 12.5. The lowest BCUT2D eigenvalue weighted by atomic mass is 10.1. The number of alkyl halides is 3. The lowest BCUT2D eigenvalue weighted by Gasteiger charge is -2.21. The van der Waals surface area contributed by atoms with E-state index in [1.165, 1.54) is 0 Å². The van der Waals surface area contributed by atoms with Gasteiger partial charge in [0.1, 0.15) is 0 Å². The van der Waals surface area contributed by atoms with Gasteiger partial charge in [0, 0.05) is 10.0 Å². The summed E-state index contributed by atoms with van der Waals surface area (Å²) in [6, 6.07) is 1.09. The number of aliphatic imine (C=N–C) groups is 1. The van der Waals surface area contributed by atoms with Crippen molar-refractivity contribution in [3.8, 4) is 0 Å². The summed E-state index contributed by atoms with van der Waals surface area (Å²) in [5, 5.41) is 21.0. The Morgan fingerprint density at radius 1 is 1.35 bits per heavy atom. The largest absolute Gasteiger partial charge is 0.481 e. The van der Waals surface area contributed by atoms with Gasteiger partial charge in [0.25, 0.3) is 6.02 Å². The second-order valence-electron chi connectivity index (χ2n) is 3.37. The molecule has 1 heterocycles. The van der Waals surface area contributed by atoms with Crippen LogP contribution in [0.2, 0.25) is 0 Å². The molecular weight excluding hydrogens is 305 g/mol. The molecule has 0 saturated carbocycles. The Bertz CT molecular complexity index is 502. The smallest absolute Gasteiger partial charge is 0.416 e. The predicted molar refractivity (Wildman–Crippen MR) is 57.8 cm³/mol. The van der Waals surface area contributed by atoms with Crippen LogP contribution in [0.5, 0.6) is 0 Å². The Kier molecular flexibility index (Phi) is 2.78. The van der Waals surface area contributed by atoms with Crippen molar-refractivity contribution in [3.63, 3.8) is 0 Å². The van der Waals surface area contributed by atoms with E-state index in [0.29, 0.717) is 0 Å². The summed E-state index contributed by atoms with van der Waals surface area (Å²) >= 11 is 2.94. The Hall–Kier alpha value is -1.28. The van der Waals surface area contributed by atoms with Crippen LogP contribution in [-0.4, -0.2) is 16.2 Å². The van der Waals surface area contributed by atoms with Gasteiger partial charge in [-0.15, -0.1) is 0 Å². The van der Waals surface area contributed by atoms with Gasteiger partial charge in [-0.3, -0.25) is 0 Å². The molecule has 1 aliphatic rings. The van der Waals surface area contributed by atoms with E-state index in [1.54, 1.807) is 0 Å². The van der Waals surface area contributed by atoms with E-state index >= 15 is 0 Å². The van der Waals surface area contributed by atoms with Crippen molar-refractivity contribution < 1.29 is 23.4 Å². The molecule has 1 aromatic carbocycles. The van der Waals surface area contributed by atoms with Crippen LogP contribution in [0.25, 0.3) is 0 Å². The number of anilines is 1. The number of nitrogens with one attached hydrogen (secondary N) is 1. The summed E-state index contributed by atoms with van der Waals surface area (Å²) in [5.74, 6) is 0. The minimum atomic E-state index is -4.51. The molecule has 1 unspecified atom stereocenters. The van der Waals surface area contributed by atoms with Gasteiger partial charge >= 0.3 is 6.18 Å². The van der Waals surface area contributed by atoms with Crippen molar-refractivity contribution in [2.75, 3.05) is 5.32 Å². The molecule has 4 nitrogen and oxygen atoms in total. The average molecular weight is 311 g/mol. The topological polar surface area (TPSA) is 64.9 Å². The first-order valence-corrected chi connectivity index (χ1v) is 5.21. The first-order valence-electron chi connectivity index (χ1n) is 4.41. The number of aliphatic hydroxyl groups is 2. The van der Waals surface area contributed by atoms with E-state index in [1.807, 2.05) is 0 Å². The SMILES string of the molecule is OC1=NC(O)c2cc(C(F)(F)F)cc(Br)c2N1. The zero-order valence-corrected chi connectivity index (χ0v) is 9.67. The molecule has 8 heteroatoms. The summed E-state index contributed by atoms with van der Waals surface area (Å²) in [6.07, 6.45) is -6.04. The van der Waals surface area contributed by atoms with Crippen LogP contribution in [0, 0.1) is 0 Å². The van der Waals surface area contributed by atoms with Crippen molar-refractivity contribution in [3.05, 3.63) is 27.7 Å². The van der Waals surface area contributed by atoms with Gasteiger partial charge < -0.3 is 15.5 Å². The van der Waals surface area contributed by atoms with E-state index in [2.05, 4.69) is 26.2 Å². The Balaban J connectivity index is 2.58. The van der Waals surface area contributed by atoms with Gasteiger partial charge in [0.2, 0.25) is 0 Å². The summed E-state index contributed by atoms with van der Waals surface area (Å²) in [5.41, 5.74) is -0.789. The lowest BCUT2D eigenvalue weighted by molar-refractivity contribution is -0.137. The van der Waals surface area contributed by atoms with E-state index < -0.39 is 24.0 Å². The Morgan fingerprint density at radius 2 is 2.00 bits per heavy atom. The van der Waals surface area contributed by atoms with Crippen LogP contribution in [0.1, 0.15) is 17.4 Å². The second-order valence-corrected chi connectivity index (χ2v) is 4.23. The summed E-state index contributed by atoms with van der Waals surface area (Å²) in [6.45, 7) is 0. The maximum Gasteiger partial charge on any atom is 0.416 e. The fraction of sp³-hybridized carbons (Fsp3) is 0.222. The molecule has 0 spiro atoms. The molecular formula is C9H6BrF3N2O2. The fourth-order valence-corrected chi connectivity index (χ4v) is 2.03. The fourth-order valence-electron chi connectivity index (χ4n) is 1.46. The molecule has 0 bridgehead atoms. The number of aliphatic hydroxyl groups excluding tert-OH is 2. The van der Waals surface area contributed by atoms with Gasteiger partial charge in [-0.25, -0.2) is 0 Å². The van der Waals surface area contributed by atoms with Crippen molar-refractivity contribution in [2.45, 2.75) is 12.4 Å². The normalized spacial score (nSPS) is 19.4. The van der Waals surface area contributed by atoms with E-state index in [-0.39, 0.29) is 15.7 Å². The number of halogens is 4. The lowest BCUT2D eigenvalue weighted by Crippen LogP contribution is -2.21. The molecule has 3 N–H and O–H groups in total. The predicted octanol–water partition coefficient (Wildman–Crippen LogP) is 2.80. The molecule has 0 fully saturated rings. The molecule has 0 amide bonds. The minimum Gasteiger partial charge on any atom is -0.481 e. The average Bonchev–Trinajstić information content (AvgIpc) is 2.17. The first kappa shape index (κ1) is 12.2. The molecule has 17 heavy (non-hydrogen) atoms. The third kappa shape index (κ3) is 2.22. The van der Waals surface area contributed by atoms with E-state index in [9.17, 15) is 18.3 Å². The summed E-state index contributed by atoms with van der Waals surface area (Å²) < 4.78 is 37.7. The van der Waals surface area contributed by atoms with E-state index in [4.69, 9.17) is 5.11 Å². The summed E-state index contributed by atoms with van der Waals surface area (Å²) in [7, 11) is 0. The third-order valence-corrected chi connectivity index (χ3v) is 2.83. The number of hydrogen-bond donors (Lipinski definition) is 3. The molecule has 1 aliphatic heterocycles.